The van der Waals surface area contributed by atoms with Gasteiger partial charge in [-0.15, -0.1) is 11.3 Å². The number of hydrogen-bond donors (Lipinski definition) is 2. The molecule has 1 unspecified atom stereocenters. The lowest BCUT2D eigenvalue weighted by Gasteiger charge is -2.34. The summed E-state index contributed by atoms with van der Waals surface area (Å²) in [4.78, 5) is 54.6. The Morgan fingerprint density at radius 2 is 1.76 bits per heavy atom. The van der Waals surface area contributed by atoms with Gasteiger partial charge in [-0.25, -0.2) is 18.0 Å². The highest BCUT2D eigenvalue weighted by atomic mass is 32.2. The van der Waals surface area contributed by atoms with Crippen LogP contribution in [0.15, 0.2) is 29.2 Å². The molecule has 1 fully saturated rings. The number of urea groups is 1. The van der Waals surface area contributed by atoms with E-state index in [4.69, 9.17) is 4.74 Å². The monoisotopic (exact) mass is 619 g/mol. The topological polar surface area (TPSA) is 145 Å². The number of piperidine rings is 1. The van der Waals surface area contributed by atoms with Crippen LogP contribution in [0.4, 0.5) is 14.6 Å². The third-order valence-corrected chi connectivity index (χ3v) is 10.5. The van der Waals surface area contributed by atoms with Crippen LogP contribution in [0.3, 0.4) is 0 Å². The Balaban J connectivity index is 1.59. The van der Waals surface area contributed by atoms with Crippen molar-refractivity contribution >= 4 is 50.3 Å². The largest absolute Gasteiger partial charge is 0.450 e. The van der Waals surface area contributed by atoms with Gasteiger partial charge in [0.25, 0.3) is 11.8 Å². The molecular formula is C28H37N5O7S2. The first-order valence-electron chi connectivity index (χ1n) is 14.0. The molecule has 3 heterocycles. The molecule has 228 valence electrons. The number of hydrogen-bond acceptors (Lipinski definition) is 8. The van der Waals surface area contributed by atoms with Crippen molar-refractivity contribution in [2.24, 2.45) is 0 Å². The number of nitrogens with one attached hydrogen (secondary N) is 2. The van der Waals surface area contributed by atoms with Crippen LogP contribution in [0.1, 0.15) is 70.7 Å². The summed E-state index contributed by atoms with van der Waals surface area (Å²) in [7, 11) is -0.701. The Morgan fingerprint density at radius 3 is 2.40 bits per heavy atom. The minimum Gasteiger partial charge on any atom is -0.450 e. The Hall–Kier alpha value is -3.49. The Morgan fingerprint density at radius 1 is 1.05 bits per heavy atom. The van der Waals surface area contributed by atoms with E-state index in [1.165, 1.54) is 48.2 Å². The molecule has 1 aromatic heterocycles. The average Bonchev–Trinajstić information content (AvgIpc) is 3.34. The number of imide groups is 1. The second kappa shape index (κ2) is 13.2. The maximum absolute atomic E-state index is 13.3. The highest BCUT2D eigenvalue weighted by Gasteiger charge is 2.34. The summed E-state index contributed by atoms with van der Waals surface area (Å²) in [5.41, 5.74) is 1.01. The maximum atomic E-state index is 13.3. The molecule has 42 heavy (non-hydrogen) atoms. The van der Waals surface area contributed by atoms with E-state index in [1.54, 1.807) is 11.2 Å². The molecule has 12 nitrogen and oxygen atoms in total. The van der Waals surface area contributed by atoms with Crippen molar-refractivity contribution in [3.8, 4) is 0 Å². The van der Waals surface area contributed by atoms with Gasteiger partial charge in [0.1, 0.15) is 5.00 Å². The second-order valence-electron chi connectivity index (χ2n) is 10.4. The first kappa shape index (κ1) is 31.4. The second-order valence-corrected chi connectivity index (χ2v) is 13.4. The first-order chi connectivity index (χ1) is 20.0. The highest BCUT2D eigenvalue weighted by Crippen LogP contribution is 2.38. The van der Waals surface area contributed by atoms with Gasteiger partial charge >= 0.3 is 12.1 Å². The standard InChI is InChI=1S/C28H37N5O7S2/c1-5-19-9-7-8-15-33(19)42(38,39)20-12-10-18(11-13-20)24(34)29-26-23(25(35)30-27(36)31(3)4)21-14-16-32(17-22(21)41-26)28(37)40-6-2/h10-13,19H,5-9,14-17H2,1-4H3,(H,29,34)(H,30,35,36). The Kier molecular flexibility index (Phi) is 9.89. The summed E-state index contributed by atoms with van der Waals surface area (Å²) in [6.45, 7) is 4.90. The van der Waals surface area contributed by atoms with Gasteiger partial charge in [0.05, 0.1) is 23.6 Å². The molecule has 0 radical (unpaired) electrons. The predicted molar refractivity (Wildman–Crippen MR) is 158 cm³/mol. The van der Waals surface area contributed by atoms with Crippen LogP contribution in [0.25, 0.3) is 0 Å². The number of sulfonamides is 1. The average molecular weight is 620 g/mol. The zero-order valence-corrected chi connectivity index (χ0v) is 25.9. The van der Waals surface area contributed by atoms with Gasteiger partial charge in [0.2, 0.25) is 10.0 Å². The van der Waals surface area contributed by atoms with Gasteiger partial charge in [0, 0.05) is 43.7 Å². The number of carbonyl (C=O) groups excluding carboxylic acids is 4. The van der Waals surface area contributed by atoms with Crippen molar-refractivity contribution in [3.63, 3.8) is 0 Å². The van der Waals surface area contributed by atoms with E-state index < -0.39 is 34.0 Å². The van der Waals surface area contributed by atoms with E-state index in [2.05, 4.69) is 10.6 Å². The minimum atomic E-state index is -3.71. The van der Waals surface area contributed by atoms with E-state index in [1.807, 2.05) is 6.92 Å². The summed E-state index contributed by atoms with van der Waals surface area (Å²) in [6, 6.07) is 5.07. The van der Waals surface area contributed by atoms with Crippen LogP contribution in [0.2, 0.25) is 0 Å². The lowest BCUT2D eigenvalue weighted by molar-refractivity contribution is 0.0955. The molecule has 14 heteroatoms. The van der Waals surface area contributed by atoms with Crippen molar-refractivity contribution < 1.29 is 32.3 Å². The predicted octanol–water partition coefficient (Wildman–Crippen LogP) is 3.88. The van der Waals surface area contributed by atoms with E-state index in [9.17, 15) is 27.6 Å². The number of benzene rings is 1. The van der Waals surface area contributed by atoms with Crippen LogP contribution >= 0.6 is 11.3 Å². The number of anilines is 1. The van der Waals surface area contributed by atoms with Crippen molar-refractivity contribution in [3.05, 3.63) is 45.8 Å². The van der Waals surface area contributed by atoms with E-state index in [0.29, 0.717) is 30.0 Å². The Labute approximate surface area is 250 Å². The molecule has 2 N–H and O–H groups in total. The zero-order valence-electron chi connectivity index (χ0n) is 24.3. The van der Waals surface area contributed by atoms with Gasteiger partial charge < -0.3 is 19.9 Å². The maximum Gasteiger partial charge on any atom is 0.410 e. The van der Waals surface area contributed by atoms with Gasteiger partial charge in [-0.1, -0.05) is 13.3 Å². The van der Waals surface area contributed by atoms with Crippen LogP contribution in [0, 0.1) is 0 Å². The van der Waals surface area contributed by atoms with Crippen molar-refractivity contribution in [2.45, 2.75) is 63.4 Å². The third kappa shape index (κ3) is 6.60. The Bertz CT molecular complexity index is 1450. The zero-order chi connectivity index (χ0) is 30.6. The van der Waals surface area contributed by atoms with E-state index >= 15 is 0 Å². The first-order valence-corrected chi connectivity index (χ1v) is 16.3. The third-order valence-electron chi connectivity index (χ3n) is 7.43. The molecule has 1 aromatic carbocycles. The number of thiophene rings is 1. The van der Waals surface area contributed by atoms with Gasteiger partial charge in [-0.05, 0) is 62.4 Å². The number of carbonyl (C=O) groups is 4. The SMILES string of the molecule is CCOC(=O)N1CCc2c(sc(NC(=O)c3ccc(S(=O)(=O)N4CCCCC4CC)cc3)c2C(=O)NC(=O)N(C)C)C1. The summed E-state index contributed by atoms with van der Waals surface area (Å²) in [5, 5.41) is 5.34. The number of amides is 5. The molecule has 1 atom stereocenters. The molecule has 0 saturated carbocycles. The quantitative estimate of drug-likeness (QED) is 0.478. The number of rotatable bonds is 7. The fourth-order valence-electron chi connectivity index (χ4n) is 5.16. The van der Waals surface area contributed by atoms with Crippen LogP contribution < -0.4 is 10.6 Å². The molecule has 2 aliphatic heterocycles. The number of ether oxygens (including phenoxy) is 1. The van der Waals surface area contributed by atoms with Crippen LogP contribution in [-0.4, -0.2) is 86.3 Å². The molecule has 4 rings (SSSR count). The minimum absolute atomic E-state index is 0.0414. The fraction of sp³-hybridized carbons (Fsp3) is 0.500. The summed E-state index contributed by atoms with van der Waals surface area (Å²) >= 11 is 1.15. The molecule has 0 bridgehead atoms. The summed E-state index contributed by atoms with van der Waals surface area (Å²) < 4.78 is 33.3. The molecule has 2 aliphatic rings. The smallest absolute Gasteiger partial charge is 0.410 e. The molecular weight excluding hydrogens is 582 g/mol. The molecule has 1 saturated heterocycles. The highest BCUT2D eigenvalue weighted by molar-refractivity contribution is 7.89. The number of nitrogens with zero attached hydrogens (tertiary/aromatic N) is 3. The lowest BCUT2D eigenvalue weighted by atomic mass is 10.0. The summed E-state index contributed by atoms with van der Waals surface area (Å²) in [6.07, 6.45) is 3.24. The van der Waals surface area contributed by atoms with E-state index in [-0.39, 0.29) is 40.2 Å². The van der Waals surface area contributed by atoms with Crippen molar-refractivity contribution in [1.82, 2.24) is 19.4 Å². The normalized spacial score (nSPS) is 17.2. The van der Waals surface area contributed by atoms with Crippen molar-refractivity contribution in [1.29, 1.82) is 0 Å². The molecule has 5 amide bonds. The van der Waals surface area contributed by atoms with Gasteiger partial charge in [-0.3, -0.25) is 14.9 Å². The van der Waals surface area contributed by atoms with E-state index in [0.717, 1.165) is 37.0 Å². The number of fused-ring (bicyclic) bond motifs is 1. The fourth-order valence-corrected chi connectivity index (χ4v) is 8.18. The van der Waals surface area contributed by atoms with Gasteiger partial charge in [0.15, 0.2) is 0 Å². The summed E-state index contributed by atoms with van der Waals surface area (Å²) in [5.74, 6) is -1.21. The van der Waals surface area contributed by atoms with Crippen LogP contribution in [0.5, 0.6) is 0 Å². The van der Waals surface area contributed by atoms with Crippen molar-refractivity contribution in [2.75, 3.05) is 39.1 Å². The van der Waals surface area contributed by atoms with Gasteiger partial charge in [-0.2, -0.15) is 4.31 Å². The molecule has 0 spiro atoms. The molecule has 0 aliphatic carbocycles. The molecule has 2 aromatic rings. The van der Waals surface area contributed by atoms with Crippen LogP contribution in [-0.2, 0) is 27.7 Å². The lowest BCUT2D eigenvalue weighted by Crippen LogP contribution is -2.43.